The molecule has 2 N–H and O–H groups in total. The van der Waals surface area contributed by atoms with E-state index in [4.69, 9.17) is 20.3 Å². The summed E-state index contributed by atoms with van der Waals surface area (Å²) in [5.41, 5.74) is 0.931. The number of oxazole rings is 1. The Kier molecular flexibility index (Phi) is 7.33. The molecular formula is C21H28N4O3. The van der Waals surface area contributed by atoms with Crippen LogP contribution in [0.5, 0.6) is 11.5 Å². The van der Waals surface area contributed by atoms with E-state index >= 15 is 0 Å². The quantitative estimate of drug-likeness (QED) is 0.434. The number of hydrogen-bond acceptors (Lipinski definition) is 5. The molecule has 1 heterocycles. The van der Waals surface area contributed by atoms with E-state index in [2.05, 4.69) is 47.3 Å². The molecule has 2 aromatic rings. The maximum Gasteiger partial charge on any atom is 0.213 e. The zero-order chi connectivity index (χ0) is 20.6. The van der Waals surface area contributed by atoms with Crippen LogP contribution in [-0.2, 0) is 18.5 Å². The lowest BCUT2D eigenvalue weighted by atomic mass is 9.94. The number of aliphatic imine (C=N–C) groups is 1. The molecule has 0 amide bonds. The Labute approximate surface area is 166 Å². The molecular weight excluding hydrogens is 356 g/mol. The van der Waals surface area contributed by atoms with Crippen molar-refractivity contribution in [2.45, 2.75) is 39.3 Å². The Morgan fingerprint density at radius 2 is 2.00 bits per heavy atom. The van der Waals surface area contributed by atoms with Crippen molar-refractivity contribution < 1.29 is 13.9 Å². The number of nitrogens with zero attached hydrogens (tertiary/aromatic N) is 2. The van der Waals surface area contributed by atoms with Crippen LogP contribution in [0.3, 0.4) is 0 Å². The van der Waals surface area contributed by atoms with Crippen molar-refractivity contribution in [3.8, 4) is 23.8 Å². The molecule has 7 nitrogen and oxygen atoms in total. The predicted octanol–water partition coefficient (Wildman–Crippen LogP) is 2.86. The van der Waals surface area contributed by atoms with Crippen molar-refractivity contribution in [1.29, 1.82) is 0 Å². The standard InChI is InChI=1S/C21H28N4O3/c1-7-10-27-17-11-15(8-9-16(17)26-6)12-24-20(22-5)25-14-19-23-13-18(28-19)21(2,3)4/h1,8-9,11,13H,10,12,14H2,2-6H3,(H2,22,24,25). The second-order valence-corrected chi connectivity index (χ2v) is 7.13. The van der Waals surface area contributed by atoms with Crippen molar-refractivity contribution >= 4 is 5.96 Å². The first-order valence-electron chi connectivity index (χ1n) is 9.00. The highest BCUT2D eigenvalue weighted by molar-refractivity contribution is 5.79. The fraction of sp³-hybridized carbons (Fsp3) is 0.429. The lowest BCUT2D eigenvalue weighted by Gasteiger charge is -2.14. The Bertz CT molecular complexity index is 844. The van der Waals surface area contributed by atoms with Crippen LogP contribution in [0.15, 0.2) is 33.8 Å². The first kappa shape index (κ1) is 21.2. The number of terminal acetylenes is 1. The van der Waals surface area contributed by atoms with Gasteiger partial charge in [0, 0.05) is 19.0 Å². The van der Waals surface area contributed by atoms with Crippen molar-refractivity contribution in [2.75, 3.05) is 20.8 Å². The van der Waals surface area contributed by atoms with Gasteiger partial charge in [-0.15, -0.1) is 6.42 Å². The second-order valence-electron chi connectivity index (χ2n) is 7.13. The van der Waals surface area contributed by atoms with Gasteiger partial charge in [0.1, 0.15) is 12.4 Å². The van der Waals surface area contributed by atoms with E-state index in [0.29, 0.717) is 36.4 Å². The molecule has 28 heavy (non-hydrogen) atoms. The predicted molar refractivity (Wildman–Crippen MR) is 110 cm³/mol. The number of benzene rings is 1. The Morgan fingerprint density at radius 1 is 1.25 bits per heavy atom. The summed E-state index contributed by atoms with van der Waals surface area (Å²) in [6.07, 6.45) is 7.03. The van der Waals surface area contributed by atoms with Gasteiger partial charge < -0.3 is 24.5 Å². The largest absolute Gasteiger partial charge is 0.493 e. The fourth-order valence-electron chi connectivity index (χ4n) is 2.37. The van der Waals surface area contributed by atoms with Gasteiger partial charge in [-0.25, -0.2) is 4.98 Å². The summed E-state index contributed by atoms with van der Waals surface area (Å²) in [4.78, 5) is 8.53. The molecule has 0 aliphatic heterocycles. The molecule has 2 rings (SSSR count). The summed E-state index contributed by atoms with van der Waals surface area (Å²) in [6, 6.07) is 5.69. The van der Waals surface area contributed by atoms with Gasteiger partial charge >= 0.3 is 0 Å². The number of aromatic nitrogens is 1. The van der Waals surface area contributed by atoms with Gasteiger partial charge in [-0.3, -0.25) is 4.99 Å². The van der Waals surface area contributed by atoms with Crippen LogP contribution in [0, 0.1) is 12.3 Å². The van der Waals surface area contributed by atoms with Gasteiger partial charge in [0.05, 0.1) is 19.9 Å². The zero-order valence-electron chi connectivity index (χ0n) is 17.1. The van der Waals surface area contributed by atoms with Gasteiger partial charge in [-0.1, -0.05) is 32.8 Å². The third-order valence-electron chi connectivity index (χ3n) is 3.92. The van der Waals surface area contributed by atoms with E-state index in [0.717, 1.165) is 11.3 Å². The van der Waals surface area contributed by atoms with Gasteiger partial charge in [-0.05, 0) is 17.7 Å². The highest BCUT2D eigenvalue weighted by atomic mass is 16.5. The van der Waals surface area contributed by atoms with Gasteiger partial charge in [0.2, 0.25) is 5.89 Å². The molecule has 1 aromatic carbocycles. The van der Waals surface area contributed by atoms with E-state index in [1.54, 1.807) is 20.4 Å². The molecule has 0 fully saturated rings. The van der Waals surface area contributed by atoms with Crippen LogP contribution >= 0.6 is 0 Å². The van der Waals surface area contributed by atoms with Gasteiger partial charge in [-0.2, -0.15) is 0 Å². The monoisotopic (exact) mass is 384 g/mol. The molecule has 0 aliphatic rings. The van der Waals surface area contributed by atoms with E-state index in [1.807, 2.05) is 18.2 Å². The normalized spacial score (nSPS) is 11.6. The first-order chi connectivity index (χ1) is 13.4. The maximum absolute atomic E-state index is 5.78. The minimum atomic E-state index is -0.0707. The summed E-state index contributed by atoms with van der Waals surface area (Å²) < 4.78 is 16.6. The van der Waals surface area contributed by atoms with Crippen LogP contribution in [0.1, 0.15) is 38.0 Å². The highest BCUT2D eigenvalue weighted by Gasteiger charge is 2.19. The van der Waals surface area contributed by atoms with Crippen molar-refractivity contribution in [3.63, 3.8) is 0 Å². The molecule has 0 atom stereocenters. The summed E-state index contributed by atoms with van der Waals surface area (Å²) in [5.74, 6) is 5.80. The number of ether oxygens (including phenoxy) is 2. The van der Waals surface area contributed by atoms with E-state index < -0.39 is 0 Å². The van der Waals surface area contributed by atoms with Gasteiger partial charge in [0.15, 0.2) is 17.5 Å². The third kappa shape index (κ3) is 5.95. The molecule has 0 radical (unpaired) electrons. The van der Waals surface area contributed by atoms with Crippen LogP contribution in [0.4, 0.5) is 0 Å². The lowest BCUT2D eigenvalue weighted by Crippen LogP contribution is -2.36. The topological polar surface area (TPSA) is 80.9 Å². The molecule has 0 saturated heterocycles. The van der Waals surface area contributed by atoms with Crippen molar-refractivity contribution in [2.24, 2.45) is 4.99 Å². The van der Waals surface area contributed by atoms with Gasteiger partial charge in [0.25, 0.3) is 0 Å². The van der Waals surface area contributed by atoms with Crippen LogP contribution in [-0.4, -0.2) is 31.7 Å². The van der Waals surface area contributed by atoms with Crippen molar-refractivity contribution in [1.82, 2.24) is 15.6 Å². The number of hydrogen-bond donors (Lipinski definition) is 2. The average Bonchev–Trinajstić information content (AvgIpc) is 3.16. The summed E-state index contributed by atoms with van der Waals surface area (Å²) in [6.45, 7) is 7.43. The maximum atomic E-state index is 5.78. The number of guanidine groups is 1. The molecule has 0 saturated carbocycles. The Hall–Kier alpha value is -3.14. The van der Waals surface area contributed by atoms with E-state index in [-0.39, 0.29) is 12.0 Å². The average molecular weight is 384 g/mol. The first-order valence-corrected chi connectivity index (χ1v) is 9.00. The van der Waals surface area contributed by atoms with Crippen LogP contribution < -0.4 is 20.1 Å². The molecule has 150 valence electrons. The van der Waals surface area contributed by atoms with Crippen molar-refractivity contribution in [3.05, 3.63) is 41.6 Å². The molecule has 0 spiro atoms. The highest BCUT2D eigenvalue weighted by Crippen LogP contribution is 2.28. The van der Waals surface area contributed by atoms with Crippen LogP contribution in [0.2, 0.25) is 0 Å². The molecule has 0 bridgehead atoms. The summed E-state index contributed by atoms with van der Waals surface area (Å²) >= 11 is 0. The minimum Gasteiger partial charge on any atom is -0.493 e. The molecule has 0 aliphatic carbocycles. The second kappa shape index (κ2) is 9.70. The molecule has 0 unspecified atom stereocenters. The Morgan fingerprint density at radius 3 is 2.61 bits per heavy atom. The summed E-state index contributed by atoms with van der Waals surface area (Å²) in [5, 5.41) is 6.44. The molecule has 7 heteroatoms. The minimum absolute atomic E-state index is 0.0707. The SMILES string of the molecule is C#CCOc1cc(CNC(=NC)NCc2ncc(C(C)(C)C)o2)ccc1OC. The molecule has 1 aromatic heterocycles. The summed E-state index contributed by atoms with van der Waals surface area (Å²) in [7, 11) is 3.30. The lowest BCUT2D eigenvalue weighted by molar-refractivity contribution is 0.330. The third-order valence-corrected chi connectivity index (χ3v) is 3.92. The van der Waals surface area contributed by atoms with E-state index in [9.17, 15) is 0 Å². The zero-order valence-corrected chi connectivity index (χ0v) is 17.1. The van der Waals surface area contributed by atoms with E-state index in [1.165, 1.54) is 0 Å². The van der Waals surface area contributed by atoms with Crippen LogP contribution in [0.25, 0.3) is 0 Å². The Balaban J connectivity index is 1.93. The smallest absolute Gasteiger partial charge is 0.213 e. The number of rotatable bonds is 7. The fourth-order valence-corrected chi connectivity index (χ4v) is 2.37. The number of nitrogens with one attached hydrogen (secondary N) is 2. The number of methoxy groups -OCH3 is 1.